The summed E-state index contributed by atoms with van der Waals surface area (Å²) in [6.07, 6.45) is -0.0703. The van der Waals surface area contributed by atoms with Gasteiger partial charge in [0.1, 0.15) is 5.75 Å². The Morgan fingerprint density at radius 3 is 2.67 bits per heavy atom. The van der Waals surface area contributed by atoms with Crippen molar-refractivity contribution in [3.8, 4) is 5.75 Å². The highest BCUT2D eigenvalue weighted by molar-refractivity contribution is 5.78. The van der Waals surface area contributed by atoms with E-state index in [2.05, 4.69) is 17.0 Å². The fourth-order valence-corrected chi connectivity index (χ4v) is 3.50. The van der Waals surface area contributed by atoms with Crippen molar-refractivity contribution < 1.29 is 14.3 Å². The van der Waals surface area contributed by atoms with Gasteiger partial charge in [0.25, 0.3) is 5.91 Å². The Hall–Kier alpha value is -2.37. The molecule has 0 saturated carbocycles. The lowest BCUT2D eigenvalue weighted by molar-refractivity contribution is -0.150. The van der Waals surface area contributed by atoms with E-state index in [1.807, 2.05) is 68.4 Å². The third-order valence-electron chi connectivity index (χ3n) is 4.71. The third kappa shape index (κ3) is 5.08. The number of likely N-dealkylation sites (N-methyl/N-ethyl adjacent to an activating group) is 1. The molecule has 1 fully saturated rings. The standard InChI is InChI=1S/C22H28N2O3/c1-17-8-7-11-19(14-17)27-16-21(25)24-12-13-26-20(15-23(2)3)22(24)18-9-5-4-6-10-18/h4-11,14,20,22H,12-13,15-16H2,1-3H3/t20-,22-/m0/s1. The molecule has 0 aliphatic carbocycles. The lowest BCUT2D eigenvalue weighted by atomic mass is 9.97. The number of hydrogen-bond donors (Lipinski definition) is 0. The van der Waals surface area contributed by atoms with Crippen LogP contribution in [0.2, 0.25) is 0 Å². The summed E-state index contributed by atoms with van der Waals surface area (Å²) in [6.45, 7) is 3.90. The number of morpholine rings is 1. The van der Waals surface area contributed by atoms with E-state index in [1.54, 1.807) is 0 Å². The fraction of sp³-hybridized carbons (Fsp3) is 0.409. The molecule has 5 nitrogen and oxygen atoms in total. The minimum absolute atomic E-state index is 0.0163. The van der Waals surface area contributed by atoms with Crippen LogP contribution in [0.1, 0.15) is 17.2 Å². The molecule has 5 heteroatoms. The first-order valence-corrected chi connectivity index (χ1v) is 9.35. The van der Waals surface area contributed by atoms with Crippen LogP contribution in [0.15, 0.2) is 54.6 Å². The van der Waals surface area contributed by atoms with Gasteiger partial charge in [-0.25, -0.2) is 0 Å². The predicted molar refractivity (Wildman–Crippen MR) is 106 cm³/mol. The average molecular weight is 368 g/mol. The summed E-state index contributed by atoms with van der Waals surface area (Å²) in [5, 5.41) is 0. The highest BCUT2D eigenvalue weighted by Crippen LogP contribution is 2.30. The SMILES string of the molecule is Cc1cccc(OCC(=O)N2CCO[C@@H](CN(C)C)[C@@H]2c2ccccc2)c1. The monoisotopic (exact) mass is 368 g/mol. The van der Waals surface area contributed by atoms with Crippen LogP contribution in [0.5, 0.6) is 5.75 Å². The number of carbonyl (C=O) groups is 1. The quantitative estimate of drug-likeness (QED) is 0.786. The Bertz CT molecular complexity index is 748. The summed E-state index contributed by atoms with van der Waals surface area (Å²) in [4.78, 5) is 17.0. The Balaban J connectivity index is 1.76. The van der Waals surface area contributed by atoms with Crippen molar-refractivity contribution in [1.82, 2.24) is 9.80 Å². The van der Waals surface area contributed by atoms with E-state index >= 15 is 0 Å². The molecule has 1 heterocycles. The van der Waals surface area contributed by atoms with Crippen LogP contribution in [-0.2, 0) is 9.53 Å². The molecule has 0 radical (unpaired) electrons. The minimum Gasteiger partial charge on any atom is -0.484 e. The van der Waals surface area contributed by atoms with Crippen molar-refractivity contribution >= 4 is 5.91 Å². The molecule has 0 spiro atoms. The van der Waals surface area contributed by atoms with Crippen molar-refractivity contribution in [2.24, 2.45) is 0 Å². The van der Waals surface area contributed by atoms with Gasteiger partial charge in [-0.1, -0.05) is 42.5 Å². The molecule has 27 heavy (non-hydrogen) atoms. The summed E-state index contributed by atoms with van der Waals surface area (Å²) < 4.78 is 11.8. The van der Waals surface area contributed by atoms with Gasteiger partial charge in [0.15, 0.2) is 6.61 Å². The largest absolute Gasteiger partial charge is 0.484 e. The number of benzene rings is 2. The van der Waals surface area contributed by atoms with Gasteiger partial charge >= 0.3 is 0 Å². The van der Waals surface area contributed by atoms with E-state index in [0.29, 0.717) is 13.2 Å². The Kier molecular flexibility index (Phi) is 6.48. The first kappa shape index (κ1) is 19.4. The zero-order valence-electron chi connectivity index (χ0n) is 16.3. The normalized spacial score (nSPS) is 19.9. The van der Waals surface area contributed by atoms with E-state index in [0.717, 1.165) is 23.4 Å². The number of carbonyl (C=O) groups excluding carboxylic acids is 1. The predicted octanol–water partition coefficient (Wildman–Crippen LogP) is 2.90. The fourth-order valence-electron chi connectivity index (χ4n) is 3.50. The lowest BCUT2D eigenvalue weighted by Gasteiger charge is -2.42. The van der Waals surface area contributed by atoms with Gasteiger partial charge in [-0.05, 0) is 44.3 Å². The van der Waals surface area contributed by atoms with E-state index in [9.17, 15) is 4.79 Å². The molecule has 2 atom stereocenters. The Morgan fingerprint density at radius 2 is 1.96 bits per heavy atom. The van der Waals surface area contributed by atoms with Gasteiger partial charge in [0.05, 0.1) is 18.8 Å². The molecule has 1 saturated heterocycles. The molecule has 0 unspecified atom stereocenters. The first-order valence-electron chi connectivity index (χ1n) is 9.35. The number of hydrogen-bond acceptors (Lipinski definition) is 4. The summed E-state index contributed by atoms with van der Waals surface area (Å²) in [5.41, 5.74) is 2.20. The molecule has 2 aromatic rings. The molecule has 0 N–H and O–H groups in total. The van der Waals surface area contributed by atoms with Crippen molar-refractivity contribution in [3.63, 3.8) is 0 Å². The van der Waals surface area contributed by atoms with Crippen LogP contribution >= 0.6 is 0 Å². The van der Waals surface area contributed by atoms with Crippen LogP contribution < -0.4 is 4.74 Å². The average Bonchev–Trinajstić information content (AvgIpc) is 2.66. The van der Waals surface area contributed by atoms with Crippen molar-refractivity contribution in [2.75, 3.05) is 40.4 Å². The number of aryl methyl sites for hydroxylation is 1. The molecule has 1 amide bonds. The molecule has 1 aliphatic rings. The summed E-state index contributed by atoms with van der Waals surface area (Å²) in [6, 6.07) is 17.8. The maximum atomic E-state index is 13.0. The van der Waals surface area contributed by atoms with Crippen LogP contribution in [-0.4, -0.2) is 62.2 Å². The summed E-state index contributed by atoms with van der Waals surface area (Å²) in [5.74, 6) is 0.704. The second-order valence-electron chi connectivity index (χ2n) is 7.22. The molecule has 0 aromatic heterocycles. The maximum absolute atomic E-state index is 13.0. The summed E-state index contributed by atoms with van der Waals surface area (Å²) in [7, 11) is 4.04. The minimum atomic E-state index is -0.115. The van der Waals surface area contributed by atoms with E-state index < -0.39 is 0 Å². The van der Waals surface area contributed by atoms with Crippen LogP contribution in [0.25, 0.3) is 0 Å². The van der Waals surface area contributed by atoms with Gasteiger partial charge in [0, 0.05) is 13.1 Å². The van der Waals surface area contributed by atoms with Crippen molar-refractivity contribution in [2.45, 2.75) is 19.1 Å². The van der Waals surface area contributed by atoms with E-state index in [4.69, 9.17) is 9.47 Å². The van der Waals surface area contributed by atoms with Crippen LogP contribution in [0.4, 0.5) is 0 Å². The molecule has 144 valence electrons. The van der Waals surface area contributed by atoms with Crippen LogP contribution in [0, 0.1) is 6.92 Å². The summed E-state index contributed by atoms with van der Waals surface area (Å²) >= 11 is 0. The number of amides is 1. The first-order chi connectivity index (χ1) is 13.0. The topological polar surface area (TPSA) is 42.0 Å². The zero-order valence-corrected chi connectivity index (χ0v) is 16.3. The van der Waals surface area contributed by atoms with Gasteiger partial charge in [-0.15, -0.1) is 0 Å². The van der Waals surface area contributed by atoms with Crippen molar-refractivity contribution in [1.29, 1.82) is 0 Å². The second-order valence-corrected chi connectivity index (χ2v) is 7.22. The van der Waals surface area contributed by atoms with Gasteiger partial charge in [0.2, 0.25) is 0 Å². The molecule has 3 rings (SSSR count). The number of ether oxygens (including phenoxy) is 2. The van der Waals surface area contributed by atoms with Crippen molar-refractivity contribution in [3.05, 3.63) is 65.7 Å². The zero-order chi connectivity index (χ0) is 19.2. The smallest absolute Gasteiger partial charge is 0.261 e. The van der Waals surface area contributed by atoms with Gasteiger partial charge in [-0.3, -0.25) is 4.79 Å². The van der Waals surface area contributed by atoms with Gasteiger partial charge < -0.3 is 19.3 Å². The molecule has 2 aromatic carbocycles. The molecular formula is C22H28N2O3. The van der Waals surface area contributed by atoms with Gasteiger partial charge in [-0.2, -0.15) is 0 Å². The number of nitrogens with zero attached hydrogens (tertiary/aromatic N) is 2. The van der Waals surface area contributed by atoms with E-state index in [-0.39, 0.29) is 24.7 Å². The van der Waals surface area contributed by atoms with Crippen LogP contribution in [0.3, 0.4) is 0 Å². The second kappa shape index (κ2) is 9.02. The molecule has 0 bridgehead atoms. The lowest BCUT2D eigenvalue weighted by Crippen LogP contribution is -2.52. The third-order valence-corrected chi connectivity index (χ3v) is 4.71. The Labute approximate surface area is 161 Å². The molecule has 1 aliphatic heterocycles. The maximum Gasteiger partial charge on any atom is 0.261 e. The number of rotatable bonds is 6. The highest BCUT2D eigenvalue weighted by Gasteiger charge is 2.36. The highest BCUT2D eigenvalue weighted by atomic mass is 16.5. The van der Waals surface area contributed by atoms with E-state index in [1.165, 1.54) is 0 Å². The Morgan fingerprint density at radius 1 is 1.19 bits per heavy atom. The molecular weight excluding hydrogens is 340 g/mol.